The molecule has 0 bridgehead atoms. The van der Waals surface area contributed by atoms with Crippen molar-refractivity contribution < 1.29 is 19.1 Å². The summed E-state index contributed by atoms with van der Waals surface area (Å²) in [4.78, 5) is 25.6. The van der Waals surface area contributed by atoms with Gasteiger partial charge in [0, 0.05) is 19.5 Å². The topological polar surface area (TPSA) is 81.9 Å². The molecule has 1 saturated heterocycles. The largest absolute Gasteiger partial charge is 0.346 e. The molecule has 2 amide bonds. The highest BCUT2D eigenvalue weighted by atomic mass is 16.7. The number of hydrogen-bond donors (Lipinski definition) is 1. The van der Waals surface area contributed by atoms with Crippen LogP contribution in [0.4, 0.5) is 0 Å². The first-order valence-electron chi connectivity index (χ1n) is 6.60. The molecule has 0 aliphatic carbocycles. The van der Waals surface area contributed by atoms with Crippen LogP contribution in [0.25, 0.3) is 0 Å². The van der Waals surface area contributed by atoms with E-state index in [4.69, 9.17) is 15.2 Å². The number of fused-ring (bicyclic) bond motifs is 1. The number of nitrogens with two attached hydrogens (primary N) is 1. The molecule has 0 atom stereocenters. The van der Waals surface area contributed by atoms with Crippen LogP contribution in [-0.4, -0.2) is 48.8 Å². The van der Waals surface area contributed by atoms with Crippen LogP contribution in [0.2, 0.25) is 0 Å². The van der Waals surface area contributed by atoms with Gasteiger partial charge in [-0.15, -0.1) is 0 Å². The number of hydrogen-bond acceptors (Lipinski definition) is 5. The third kappa shape index (κ3) is 2.02. The minimum absolute atomic E-state index is 0.205. The maximum absolute atomic E-state index is 12.2. The van der Waals surface area contributed by atoms with Gasteiger partial charge in [-0.25, -0.2) is 0 Å². The van der Waals surface area contributed by atoms with Gasteiger partial charge in [0.15, 0.2) is 5.79 Å². The van der Waals surface area contributed by atoms with Crippen molar-refractivity contribution >= 4 is 11.8 Å². The standard InChI is InChI=1S/C14H16N2O4/c15-9-14(19-7-8-20-14)5-6-16-12(17)10-3-1-2-4-11(10)13(16)18/h1-4H,5-9,15H2. The molecule has 3 rings (SSSR count). The number of rotatable bonds is 4. The van der Waals surface area contributed by atoms with Crippen molar-refractivity contribution in [3.8, 4) is 0 Å². The van der Waals surface area contributed by atoms with Crippen molar-refractivity contribution in [2.24, 2.45) is 5.73 Å². The Morgan fingerprint density at radius 2 is 1.65 bits per heavy atom. The Bertz CT molecular complexity index is 517. The minimum Gasteiger partial charge on any atom is -0.346 e. The third-order valence-electron chi connectivity index (χ3n) is 3.72. The molecule has 0 saturated carbocycles. The highest BCUT2D eigenvalue weighted by Crippen LogP contribution is 2.26. The van der Waals surface area contributed by atoms with Crippen molar-refractivity contribution in [1.29, 1.82) is 0 Å². The van der Waals surface area contributed by atoms with Crippen LogP contribution in [0.1, 0.15) is 27.1 Å². The number of imide groups is 1. The molecule has 20 heavy (non-hydrogen) atoms. The first-order valence-corrected chi connectivity index (χ1v) is 6.60. The summed E-state index contributed by atoms with van der Waals surface area (Å²) in [5.41, 5.74) is 6.57. The van der Waals surface area contributed by atoms with Crippen LogP contribution >= 0.6 is 0 Å². The Morgan fingerprint density at radius 3 is 2.15 bits per heavy atom. The van der Waals surface area contributed by atoms with Crippen molar-refractivity contribution in [2.75, 3.05) is 26.3 Å². The van der Waals surface area contributed by atoms with Gasteiger partial charge in [-0.05, 0) is 12.1 Å². The first kappa shape index (κ1) is 13.2. The second-order valence-electron chi connectivity index (χ2n) is 4.87. The quantitative estimate of drug-likeness (QED) is 0.804. The zero-order valence-corrected chi connectivity index (χ0v) is 11.0. The van der Waals surface area contributed by atoms with Crippen LogP contribution < -0.4 is 5.73 Å². The molecule has 1 aromatic carbocycles. The SMILES string of the molecule is NCC1(CCN2C(=O)c3ccccc3C2=O)OCCO1. The number of amides is 2. The summed E-state index contributed by atoms with van der Waals surface area (Å²) in [7, 11) is 0. The van der Waals surface area contributed by atoms with E-state index >= 15 is 0 Å². The molecular weight excluding hydrogens is 260 g/mol. The number of carbonyl (C=O) groups is 2. The van der Waals surface area contributed by atoms with Crippen LogP contribution in [0.3, 0.4) is 0 Å². The average Bonchev–Trinajstić information content (AvgIpc) is 3.04. The van der Waals surface area contributed by atoms with Crippen molar-refractivity contribution in [1.82, 2.24) is 4.90 Å². The highest BCUT2D eigenvalue weighted by Gasteiger charge is 2.40. The lowest BCUT2D eigenvalue weighted by molar-refractivity contribution is -0.154. The van der Waals surface area contributed by atoms with Gasteiger partial charge in [-0.2, -0.15) is 0 Å². The van der Waals surface area contributed by atoms with E-state index in [0.29, 0.717) is 30.8 Å². The van der Waals surface area contributed by atoms with E-state index in [2.05, 4.69) is 0 Å². The van der Waals surface area contributed by atoms with Gasteiger partial charge < -0.3 is 15.2 Å². The third-order valence-corrected chi connectivity index (χ3v) is 3.72. The predicted molar refractivity (Wildman–Crippen MR) is 70.1 cm³/mol. The summed E-state index contributed by atoms with van der Waals surface area (Å²) in [5, 5.41) is 0. The van der Waals surface area contributed by atoms with E-state index < -0.39 is 5.79 Å². The van der Waals surface area contributed by atoms with Crippen molar-refractivity contribution in [2.45, 2.75) is 12.2 Å². The molecule has 6 nitrogen and oxygen atoms in total. The summed E-state index contributed by atoms with van der Waals surface area (Å²) >= 11 is 0. The Labute approximate surface area is 116 Å². The summed E-state index contributed by atoms with van der Waals surface area (Å²) in [6.45, 7) is 1.42. The molecule has 0 unspecified atom stereocenters. The second kappa shape index (κ2) is 4.97. The number of carbonyl (C=O) groups excluding carboxylic acids is 2. The van der Waals surface area contributed by atoms with Gasteiger partial charge in [-0.3, -0.25) is 14.5 Å². The van der Waals surface area contributed by atoms with E-state index in [1.165, 1.54) is 4.90 Å². The van der Waals surface area contributed by atoms with E-state index in [0.717, 1.165) is 0 Å². The summed E-state index contributed by atoms with van der Waals surface area (Å²) in [6.07, 6.45) is 0.384. The predicted octanol–water partition coefficient (Wildman–Crippen LogP) is 0.374. The monoisotopic (exact) mass is 276 g/mol. The number of ether oxygens (including phenoxy) is 2. The molecule has 2 N–H and O–H groups in total. The lowest BCUT2D eigenvalue weighted by Crippen LogP contribution is -2.43. The van der Waals surface area contributed by atoms with Crippen LogP contribution in [0.15, 0.2) is 24.3 Å². The zero-order chi connectivity index (χ0) is 14.2. The Hall–Kier alpha value is -1.76. The Balaban J connectivity index is 1.74. The molecule has 2 aliphatic heterocycles. The molecule has 106 valence electrons. The maximum Gasteiger partial charge on any atom is 0.261 e. The average molecular weight is 276 g/mol. The van der Waals surface area contributed by atoms with Gasteiger partial charge in [0.25, 0.3) is 11.8 Å². The van der Waals surface area contributed by atoms with E-state index in [9.17, 15) is 9.59 Å². The van der Waals surface area contributed by atoms with Gasteiger partial charge in [0.1, 0.15) is 0 Å². The number of nitrogens with zero attached hydrogens (tertiary/aromatic N) is 1. The van der Waals surface area contributed by atoms with Crippen molar-refractivity contribution in [3.05, 3.63) is 35.4 Å². The fourth-order valence-electron chi connectivity index (χ4n) is 2.59. The highest BCUT2D eigenvalue weighted by molar-refractivity contribution is 6.21. The lowest BCUT2D eigenvalue weighted by Gasteiger charge is -2.27. The van der Waals surface area contributed by atoms with Gasteiger partial charge in [0.05, 0.1) is 24.3 Å². The molecule has 1 aromatic rings. The van der Waals surface area contributed by atoms with Crippen molar-refractivity contribution in [3.63, 3.8) is 0 Å². The summed E-state index contributed by atoms with van der Waals surface area (Å²) in [6, 6.07) is 6.82. The summed E-state index contributed by atoms with van der Waals surface area (Å²) < 4.78 is 11.0. The van der Waals surface area contributed by atoms with E-state index in [1.807, 2.05) is 0 Å². The molecule has 6 heteroatoms. The molecule has 2 aliphatic rings. The second-order valence-corrected chi connectivity index (χ2v) is 4.87. The summed E-state index contributed by atoms with van der Waals surface area (Å²) in [5.74, 6) is -1.40. The smallest absolute Gasteiger partial charge is 0.261 e. The van der Waals surface area contributed by atoms with Crippen LogP contribution in [-0.2, 0) is 9.47 Å². The normalized spacial score (nSPS) is 20.6. The van der Waals surface area contributed by atoms with Gasteiger partial charge in [-0.1, -0.05) is 12.1 Å². The van der Waals surface area contributed by atoms with Gasteiger partial charge >= 0.3 is 0 Å². The fourth-order valence-corrected chi connectivity index (χ4v) is 2.59. The molecular formula is C14H16N2O4. The molecule has 1 fully saturated rings. The first-order chi connectivity index (χ1) is 9.67. The van der Waals surface area contributed by atoms with Gasteiger partial charge in [0.2, 0.25) is 0 Å². The van der Waals surface area contributed by atoms with E-state index in [1.54, 1.807) is 24.3 Å². The van der Waals surface area contributed by atoms with E-state index in [-0.39, 0.29) is 24.9 Å². The Morgan fingerprint density at radius 1 is 1.10 bits per heavy atom. The number of benzene rings is 1. The van der Waals surface area contributed by atoms with Crippen LogP contribution in [0, 0.1) is 0 Å². The Kier molecular flexibility index (Phi) is 3.29. The molecule has 2 heterocycles. The molecule has 0 radical (unpaired) electrons. The minimum atomic E-state index is -0.866. The maximum atomic E-state index is 12.2. The fraction of sp³-hybridized carbons (Fsp3) is 0.429. The lowest BCUT2D eigenvalue weighted by atomic mass is 10.1. The molecule has 0 aromatic heterocycles. The van der Waals surface area contributed by atoms with Crippen LogP contribution in [0.5, 0.6) is 0 Å². The molecule has 0 spiro atoms. The zero-order valence-electron chi connectivity index (χ0n) is 11.0.